The number of quaternary nitrogens is 1. The van der Waals surface area contributed by atoms with E-state index in [0.717, 1.165) is 17.7 Å². The van der Waals surface area contributed by atoms with Crippen LogP contribution in [0.4, 0.5) is 0 Å². The van der Waals surface area contributed by atoms with Crippen LogP contribution in [0.3, 0.4) is 0 Å². The van der Waals surface area contributed by atoms with Crippen molar-refractivity contribution in [1.82, 2.24) is 5.32 Å². The fraction of sp³-hybridized carbons (Fsp3) is 0.632. The normalized spacial score (nSPS) is 16.4. The average molecular weight is 368 g/mol. The Morgan fingerprint density at radius 2 is 1.72 bits per heavy atom. The number of nitrogens with one attached hydrogen (secondary N) is 2. The number of carbonyl (C=O) groups is 1. The fourth-order valence-corrected chi connectivity index (χ4v) is 4.55. The maximum Gasteiger partial charge on any atom is 0.221 e. The SMILES string of the molecule is Cc1ccc(CS(=O)(=O)CCC(=O)NCC[NH+]2CCCCCC2)cc1. The highest BCUT2D eigenvalue weighted by atomic mass is 32.2. The molecule has 0 atom stereocenters. The zero-order valence-corrected chi connectivity index (χ0v) is 16.0. The summed E-state index contributed by atoms with van der Waals surface area (Å²) in [6.45, 7) is 5.89. The number of hydrogen-bond donors (Lipinski definition) is 2. The van der Waals surface area contributed by atoms with Gasteiger partial charge in [0.2, 0.25) is 5.91 Å². The second-order valence-corrected chi connectivity index (χ2v) is 9.28. The van der Waals surface area contributed by atoms with Gasteiger partial charge in [-0.2, -0.15) is 0 Å². The zero-order valence-electron chi connectivity index (χ0n) is 15.2. The summed E-state index contributed by atoms with van der Waals surface area (Å²) in [5.74, 6) is -0.261. The molecule has 1 aromatic carbocycles. The number of amides is 1. The van der Waals surface area contributed by atoms with E-state index in [9.17, 15) is 13.2 Å². The van der Waals surface area contributed by atoms with Gasteiger partial charge in [-0.25, -0.2) is 8.42 Å². The lowest BCUT2D eigenvalue weighted by Crippen LogP contribution is -3.12. The van der Waals surface area contributed by atoms with Gasteiger partial charge in [-0.05, 0) is 38.2 Å². The van der Waals surface area contributed by atoms with Crippen molar-refractivity contribution >= 4 is 15.7 Å². The van der Waals surface area contributed by atoms with E-state index in [2.05, 4.69) is 5.32 Å². The minimum atomic E-state index is -3.26. The van der Waals surface area contributed by atoms with Gasteiger partial charge in [0.1, 0.15) is 0 Å². The smallest absolute Gasteiger partial charge is 0.221 e. The monoisotopic (exact) mass is 367 g/mol. The summed E-state index contributed by atoms with van der Waals surface area (Å²) >= 11 is 0. The van der Waals surface area contributed by atoms with Crippen molar-refractivity contribution in [3.8, 4) is 0 Å². The summed E-state index contributed by atoms with van der Waals surface area (Å²) in [4.78, 5) is 13.5. The van der Waals surface area contributed by atoms with Crippen molar-refractivity contribution in [2.45, 2.75) is 44.8 Å². The first-order valence-electron chi connectivity index (χ1n) is 9.31. The van der Waals surface area contributed by atoms with Crippen LogP contribution in [0.15, 0.2) is 24.3 Å². The molecule has 5 nitrogen and oxygen atoms in total. The molecule has 0 aromatic heterocycles. The Labute approximate surface area is 151 Å². The van der Waals surface area contributed by atoms with Crippen LogP contribution >= 0.6 is 0 Å². The van der Waals surface area contributed by atoms with Gasteiger partial charge in [0, 0.05) is 6.42 Å². The molecule has 2 N–H and O–H groups in total. The molecule has 6 heteroatoms. The topological polar surface area (TPSA) is 67.7 Å². The van der Waals surface area contributed by atoms with Crippen LogP contribution in [0.1, 0.15) is 43.2 Å². The molecule has 0 spiro atoms. The largest absolute Gasteiger partial charge is 0.350 e. The summed E-state index contributed by atoms with van der Waals surface area (Å²) < 4.78 is 24.3. The molecule has 1 aromatic rings. The molecular weight excluding hydrogens is 336 g/mol. The molecule has 1 aliphatic rings. The van der Waals surface area contributed by atoms with Gasteiger partial charge < -0.3 is 10.2 Å². The first kappa shape index (κ1) is 19.9. The van der Waals surface area contributed by atoms with E-state index in [1.54, 1.807) is 4.90 Å². The number of hydrogen-bond acceptors (Lipinski definition) is 3. The van der Waals surface area contributed by atoms with Gasteiger partial charge in [0.05, 0.1) is 37.7 Å². The number of aryl methyl sites for hydroxylation is 1. The molecule has 0 radical (unpaired) electrons. The maximum absolute atomic E-state index is 12.2. The molecule has 0 bridgehead atoms. The van der Waals surface area contributed by atoms with E-state index in [4.69, 9.17) is 0 Å². The molecule has 1 saturated heterocycles. The number of rotatable bonds is 8. The van der Waals surface area contributed by atoms with Crippen molar-refractivity contribution in [2.24, 2.45) is 0 Å². The van der Waals surface area contributed by atoms with Gasteiger partial charge in [-0.15, -0.1) is 0 Å². The standard InChI is InChI=1S/C19H30N2O3S/c1-17-6-8-18(9-7-17)16-25(23,24)15-10-19(22)20-11-14-21-12-4-2-3-5-13-21/h6-9H,2-5,10-16H2,1H3,(H,20,22)/p+1. The quantitative estimate of drug-likeness (QED) is 0.717. The minimum Gasteiger partial charge on any atom is -0.350 e. The Morgan fingerprint density at radius 3 is 2.36 bits per heavy atom. The minimum absolute atomic E-state index is 0.00150. The fourth-order valence-electron chi connectivity index (χ4n) is 3.20. The van der Waals surface area contributed by atoms with Crippen LogP contribution in [0.2, 0.25) is 0 Å². The first-order chi connectivity index (χ1) is 11.9. The van der Waals surface area contributed by atoms with Crippen molar-refractivity contribution in [3.05, 3.63) is 35.4 Å². The predicted molar refractivity (Wildman–Crippen MR) is 100 cm³/mol. The number of benzene rings is 1. The summed E-state index contributed by atoms with van der Waals surface area (Å²) in [5.41, 5.74) is 1.88. The van der Waals surface area contributed by atoms with Gasteiger partial charge >= 0.3 is 0 Å². The average Bonchev–Trinajstić information content (AvgIpc) is 2.84. The molecule has 2 rings (SSSR count). The third-order valence-electron chi connectivity index (χ3n) is 4.76. The lowest BCUT2D eigenvalue weighted by molar-refractivity contribution is -0.898. The third kappa shape index (κ3) is 8.01. The van der Waals surface area contributed by atoms with Gasteiger partial charge in [0.25, 0.3) is 0 Å². The van der Waals surface area contributed by atoms with E-state index < -0.39 is 9.84 Å². The van der Waals surface area contributed by atoms with Gasteiger partial charge in [-0.3, -0.25) is 4.79 Å². The predicted octanol–water partition coefficient (Wildman–Crippen LogP) is 0.875. The lowest BCUT2D eigenvalue weighted by Gasteiger charge is -2.17. The zero-order chi connectivity index (χ0) is 18.1. The Balaban J connectivity index is 1.66. The number of sulfone groups is 1. The molecule has 0 unspecified atom stereocenters. The highest BCUT2D eigenvalue weighted by Crippen LogP contribution is 2.09. The Hall–Kier alpha value is -1.40. The van der Waals surface area contributed by atoms with Crippen LogP contribution in [0.25, 0.3) is 0 Å². The van der Waals surface area contributed by atoms with Gasteiger partial charge in [-0.1, -0.05) is 29.8 Å². The van der Waals surface area contributed by atoms with E-state index in [-0.39, 0.29) is 23.8 Å². The molecule has 140 valence electrons. The number of carbonyl (C=O) groups excluding carboxylic acids is 1. The maximum atomic E-state index is 12.2. The van der Waals surface area contributed by atoms with Crippen LogP contribution in [0, 0.1) is 6.92 Å². The van der Waals surface area contributed by atoms with E-state index >= 15 is 0 Å². The molecule has 1 amide bonds. The van der Waals surface area contributed by atoms with E-state index in [1.807, 2.05) is 31.2 Å². The van der Waals surface area contributed by atoms with Gasteiger partial charge in [0.15, 0.2) is 9.84 Å². The molecule has 1 fully saturated rings. The summed E-state index contributed by atoms with van der Waals surface area (Å²) in [6.07, 6.45) is 5.20. The molecule has 0 saturated carbocycles. The lowest BCUT2D eigenvalue weighted by atomic mass is 10.2. The second-order valence-electron chi connectivity index (χ2n) is 7.09. The van der Waals surface area contributed by atoms with E-state index in [0.29, 0.717) is 6.54 Å². The van der Waals surface area contributed by atoms with Crippen molar-refractivity contribution in [2.75, 3.05) is 31.9 Å². The molecule has 1 heterocycles. The number of likely N-dealkylation sites (tertiary alicyclic amines) is 1. The van der Waals surface area contributed by atoms with Crippen LogP contribution in [-0.4, -0.2) is 46.3 Å². The highest BCUT2D eigenvalue weighted by Gasteiger charge is 2.16. The summed E-state index contributed by atoms with van der Waals surface area (Å²) in [6, 6.07) is 7.47. The molecule has 0 aliphatic carbocycles. The van der Waals surface area contributed by atoms with Crippen LogP contribution in [0.5, 0.6) is 0 Å². The Bertz CT molecular complexity index is 633. The second kappa shape index (κ2) is 9.92. The summed E-state index contributed by atoms with van der Waals surface area (Å²) in [5, 5.41) is 2.87. The molecule has 1 aliphatic heterocycles. The third-order valence-corrected chi connectivity index (χ3v) is 6.36. The van der Waals surface area contributed by atoms with Crippen LogP contribution < -0.4 is 10.2 Å². The Kier molecular flexibility index (Phi) is 7.90. The van der Waals surface area contributed by atoms with Crippen molar-refractivity contribution in [1.29, 1.82) is 0 Å². The first-order valence-corrected chi connectivity index (χ1v) is 11.1. The van der Waals surface area contributed by atoms with Crippen molar-refractivity contribution in [3.63, 3.8) is 0 Å². The highest BCUT2D eigenvalue weighted by molar-refractivity contribution is 7.90. The molecule has 25 heavy (non-hydrogen) atoms. The molecular formula is C19H31N2O3S+. The van der Waals surface area contributed by atoms with E-state index in [1.165, 1.54) is 38.8 Å². The summed E-state index contributed by atoms with van der Waals surface area (Å²) in [7, 11) is -3.26. The Morgan fingerprint density at radius 1 is 1.08 bits per heavy atom. The van der Waals surface area contributed by atoms with Crippen molar-refractivity contribution < 1.29 is 18.1 Å². The van der Waals surface area contributed by atoms with Crippen LogP contribution in [-0.2, 0) is 20.4 Å².